The number of likely N-dealkylation sites (N-methyl/N-ethyl adjacent to an activating group) is 1. The highest BCUT2D eigenvalue weighted by Gasteiger charge is 2.17. The number of piperazine rings is 1. The molecule has 2 rings (SSSR count). The van der Waals surface area contributed by atoms with Crippen LogP contribution in [0.2, 0.25) is 0 Å². The third-order valence-electron chi connectivity index (χ3n) is 3.00. The molecule has 0 aromatic heterocycles. The van der Waals surface area contributed by atoms with Crippen molar-refractivity contribution in [3.05, 3.63) is 23.8 Å². The van der Waals surface area contributed by atoms with Gasteiger partial charge in [-0.15, -0.1) is 0 Å². The van der Waals surface area contributed by atoms with Gasteiger partial charge in [0.25, 0.3) is 5.91 Å². The molecule has 1 amide bonds. The highest BCUT2D eigenvalue weighted by Crippen LogP contribution is 2.24. The molecule has 0 bridgehead atoms. The minimum absolute atomic E-state index is 0.230. The number of hydrazine groups is 1. The highest BCUT2D eigenvalue weighted by molar-refractivity contribution is 5.94. The Labute approximate surface area is 105 Å². The normalized spacial score (nSPS) is 17.6. The lowest BCUT2D eigenvalue weighted by molar-refractivity contribution is 0.0662. The van der Waals surface area contributed by atoms with Crippen molar-refractivity contribution in [1.29, 1.82) is 0 Å². The van der Waals surface area contributed by atoms with E-state index in [0.717, 1.165) is 26.2 Å². The number of nitrogens with one attached hydrogen (secondary N) is 1. The van der Waals surface area contributed by atoms with E-state index in [1.165, 1.54) is 18.2 Å². The molecule has 1 aliphatic heterocycles. The number of carbonyl (C=O) groups excluding carboxylic acids is 1. The van der Waals surface area contributed by atoms with E-state index in [2.05, 4.69) is 10.3 Å². The summed E-state index contributed by atoms with van der Waals surface area (Å²) in [6.07, 6.45) is 0. The Morgan fingerprint density at radius 3 is 2.44 bits per heavy atom. The SMILES string of the molecule is CN1CCN(NC(=O)c2ccc(O)c(O)c2)CC1. The van der Waals surface area contributed by atoms with Crippen LogP contribution in [-0.2, 0) is 0 Å². The van der Waals surface area contributed by atoms with Gasteiger partial charge in [0.2, 0.25) is 0 Å². The number of aromatic hydroxyl groups is 2. The maximum atomic E-state index is 11.9. The van der Waals surface area contributed by atoms with Gasteiger partial charge in [0.05, 0.1) is 0 Å². The Morgan fingerprint density at radius 1 is 1.17 bits per heavy atom. The fourth-order valence-corrected chi connectivity index (χ4v) is 1.79. The summed E-state index contributed by atoms with van der Waals surface area (Å²) in [5, 5.41) is 20.4. The molecule has 0 atom stereocenters. The first kappa shape index (κ1) is 12.7. The van der Waals surface area contributed by atoms with Crippen LogP contribution >= 0.6 is 0 Å². The zero-order valence-corrected chi connectivity index (χ0v) is 10.3. The molecule has 1 aromatic rings. The van der Waals surface area contributed by atoms with E-state index in [1.807, 2.05) is 12.1 Å². The molecule has 98 valence electrons. The fourth-order valence-electron chi connectivity index (χ4n) is 1.79. The predicted molar refractivity (Wildman–Crippen MR) is 66.3 cm³/mol. The molecule has 0 saturated carbocycles. The molecule has 1 fully saturated rings. The standard InChI is InChI=1S/C12H17N3O3/c1-14-4-6-15(7-5-14)13-12(18)9-2-3-10(16)11(17)8-9/h2-3,8,16-17H,4-7H2,1H3,(H,13,18). The number of phenolic OH excluding ortho intramolecular Hbond substituents is 2. The fraction of sp³-hybridized carbons (Fsp3) is 0.417. The quantitative estimate of drug-likeness (QED) is 0.645. The van der Waals surface area contributed by atoms with E-state index in [9.17, 15) is 15.0 Å². The average Bonchev–Trinajstić information content (AvgIpc) is 2.35. The molecule has 1 aliphatic rings. The molecule has 0 radical (unpaired) electrons. The number of amides is 1. The first-order valence-electron chi connectivity index (χ1n) is 5.83. The summed E-state index contributed by atoms with van der Waals surface area (Å²) in [5.41, 5.74) is 3.10. The van der Waals surface area contributed by atoms with Crippen molar-refractivity contribution in [1.82, 2.24) is 15.3 Å². The topological polar surface area (TPSA) is 76.0 Å². The molecule has 6 nitrogen and oxygen atoms in total. The Kier molecular flexibility index (Phi) is 3.69. The van der Waals surface area contributed by atoms with Gasteiger partial charge in [-0.2, -0.15) is 0 Å². The van der Waals surface area contributed by atoms with Gasteiger partial charge < -0.3 is 15.1 Å². The zero-order valence-electron chi connectivity index (χ0n) is 10.3. The summed E-state index contributed by atoms with van der Waals surface area (Å²) in [6.45, 7) is 3.35. The monoisotopic (exact) mass is 251 g/mol. The Bertz CT molecular complexity index is 442. The molecule has 3 N–H and O–H groups in total. The molecule has 1 saturated heterocycles. The van der Waals surface area contributed by atoms with Crippen LogP contribution in [0.1, 0.15) is 10.4 Å². The molecule has 0 unspecified atom stereocenters. The van der Waals surface area contributed by atoms with E-state index in [4.69, 9.17) is 0 Å². The first-order valence-corrected chi connectivity index (χ1v) is 5.83. The number of hydrogen-bond acceptors (Lipinski definition) is 5. The number of phenols is 2. The zero-order chi connectivity index (χ0) is 13.1. The van der Waals surface area contributed by atoms with Gasteiger partial charge in [-0.25, -0.2) is 5.01 Å². The third-order valence-corrected chi connectivity index (χ3v) is 3.00. The van der Waals surface area contributed by atoms with E-state index in [-0.39, 0.29) is 17.4 Å². The lowest BCUT2D eigenvalue weighted by atomic mass is 10.2. The largest absolute Gasteiger partial charge is 0.504 e. The molecule has 0 spiro atoms. The van der Waals surface area contributed by atoms with Gasteiger partial charge in [-0.3, -0.25) is 10.2 Å². The van der Waals surface area contributed by atoms with Gasteiger partial charge in [0.15, 0.2) is 11.5 Å². The third kappa shape index (κ3) is 2.91. The second-order valence-corrected chi connectivity index (χ2v) is 4.43. The van der Waals surface area contributed by atoms with Crippen LogP contribution in [0.3, 0.4) is 0 Å². The van der Waals surface area contributed by atoms with Crippen molar-refractivity contribution < 1.29 is 15.0 Å². The minimum atomic E-state index is -0.291. The average molecular weight is 251 g/mol. The number of rotatable bonds is 2. The van der Waals surface area contributed by atoms with Gasteiger partial charge in [0, 0.05) is 31.7 Å². The van der Waals surface area contributed by atoms with Gasteiger partial charge in [0.1, 0.15) is 0 Å². The van der Waals surface area contributed by atoms with E-state index in [0.29, 0.717) is 5.56 Å². The van der Waals surface area contributed by atoms with Crippen LogP contribution in [0.25, 0.3) is 0 Å². The maximum absolute atomic E-state index is 11.9. The molecular weight excluding hydrogens is 234 g/mol. The Morgan fingerprint density at radius 2 is 1.83 bits per heavy atom. The lowest BCUT2D eigenvalue weighted by Crippen LogP contribution is -2.52. The highest BCUT2D eigenvalue weighted by atomic mass is 16.3. The molecule has 1 heterocycles. The van der Waals surface area contributed by atoms with Crippen LogP contribution in [0, 0.1) is 0 Å². The van der Waals surface area contributed by atoms with Crippen molar-refractivity contribution >= 4 is 5.91 Å². The predicted octanol–water partition coefficient (Wildman–Crippen LogP) is -0.0100. The van der Waals surface area contributed by atoms with Crippen molar-refractivity contribution in [2.24, 2.45) is 0 Å². The smallest absolute Gasteiger partial charge is 0.265 e. The van der Waals surface area contributed by atoms with Crippen molar-refractivity contribution in [3.8, 4) is 11.5 Å². The number of nitrogens with zero attached hydrogens (tertiary/aromatic N) is 2. The number of carbonyl (C=O) groups is 1. The summed E-state index contributed by atoms with van der Waals surface area (Å²) in [6, 6.07) is 4.02. The molecule has 0 aliphatic carbocycles. The number of hydrogen-bond donors (Lipinski definition) is 3. The minimum Gasteiger partial charge on any atom is -0.504 e. The summed E-state index contributed by atoms with van der Waals surface area (Å²) in [7, 11) is 2.04. The van der Waals surface area contributed by atoms with E-state index in [1.54, 1.807) is 0 Å². The summed E-state index contributed by atoms with van der Waals surface area (Å²) in [5.74, 6) is -0.804. The first-order chi connectivity index (χ1) is 8.56. The van der Waals surface area contributed by atoms with Crippen molar-refractivity contribution in [2.75, 3.05) is 33.2 Å². The van der Waals surface area contributed by atoms with E-state index >= 15 is 0 Å². The van der Waals surface area contributed by atoms with Crippen LogP contribution in [0.4, 0.5) is 0 Å². The van der Waals surface area contributed by atoms with E-state index < -0.39 is 0 Å². The van der Waals surface area contributed by atoms with Crippen molar-refractivity contribution in [2.45, 2.75) is 0 Å². The second-order valence-electron chi connectivity index (χ2n) is 4.43. The summed E-state index contributed by atoms with van der Waals surface area (Å²) in [4.78, 5) is 14.1. The molecule has 1 aromatic carbocycles. The van der Waals surface area contributed by atoms with Gasteiger partial charge in [-0.05, 0) is 25.2 Å². The Balaban J connectivity index is 1.97. The van der Waals surface area contributed by atoms with Crippen LogP contribution in [0.15, 0.2) is 18.2 Å². The maximum Gasteiger partial charge on any atom is 0.265 e. The summed E-state index contributed by atoms with van der Waals surface area (Å²) < 4.78 is 0. The molecule has 18 heavy (non-hydrogen) atoms. The lowest BCUT2D eigenvalue weighted by Gasteiger charge is -2.32. The summed E-state index contributed by atoms with van der Waals surface area (Å²) >= 11 is 0. The molecular formula is C12H17N3O3. The van der Waals surface area contributed by atoms with Crippen LogP contribution in [-0.4, -0.2) is 59.3 Å². The van der Waals surface area contributed by atoms with Crippen molar-refractivity contribution in [3.63, 3.8) is 0 Å². The molecule has 6 heteroatoms. The Hall–Kier alpha value is -1.79. The number of benzene rings is 1. The van der Waals surface area contributed by atoms with Crippen LogP contribution < -0.4 is 5.43 Å². The van der Waals surface area contributed by atoms with Crippen LogP contribution in [0.5, 0.6) is 11.5 Å². The van der Waals surface area contributed by atoms with Gasteiger partial charge in [-0.1, -0.05) is 0 Å². The second kappa shape index (κ2) is 5.24. The van der Waals surface area contributed by atoms with Gasteiger partial charge >= 0.3 is 0 Å².